The number of halogens is 1. The van der Waals surface area contributed by atoms with Crippen LogP contribution in [0, 0.1) is 0 Å². The molecule has 0 aliphatic heterocycles. The van der Waals surface area contributed by atoms with Crippen molar-refractivity contribution in [2.24, 2.45) is 0 Å². The van der Waals surface area contributed by atoms with Crippen molar-refractivity contribution in [3.05, 3.63) is 60.7 Å². The van der Waals surface area contributed by atoms with Crippen LogP contribution in [-0.4, -0.2) is 10.5 Å². The van der Waals surface area contributed by atoms with Crippen LogP contribution in [0.1, 0.15) is 12.8 Å². The van der Waals surface area contributed by atoms with E-state index in [-0.39, 0.29) is 4.71 Å². The molecule has 3 heteroatoms. The molecule has 2 rings (SSSR count). The zero-order chi connectivity index (χ0) is 13.3. The molecule has 0 amide bonds. The van der Waals surface area contributed by atoms with E-state index in [4.69, 9.17) is 11.6 Å². The van der Waals surface area contributed by atoms with Crippen LogP contribution in [0.25, 0.3) is 0 Å². The molecule has 0 saturated carbocycles. The molecule has 0 saturated heterocycles. The summed E-state index contributed by atoms with van der Waals surface area (Å²) in [5.74, 6) is 1.13. The molecule has 1 atom stereocenters. The van der Waals surface area contributed by atoms with Gasteiger partial charge in [0, 0.05) is 9.79 Å². The normalized spacial score (nSPS) is 12.3. The highest BCUT2D eigenvalue weighted by Crippen LogP contribution is 2.29. The predicted octanol–water partition coefficient (Wildman–Crippen LogP) is 5.92. The lowest BCUT2D eigenvalue weighted by atomic mass is 10.4. The van der Waals surface area contributed by atoms with E-state index in [0.29, 0.717) is 0 Å². The first-order valence-corrected chi connectivity index (χ1v) is 8.68. The summed E-state index contributed by atoms with van der Waals surface area (Å²) in [7, 11) is 0. The quantitative estimate of drug-likeness (QED) is 0.354. The van der Waals surface area contributed by atoms with Crippen LogP contribution in [0.5, 0.6) is 0 Å². The minimum Gasteiger partial charge on any atom is -0.126 e. The first-order chi connectivity index (χ1) is 9.34. The van der Waals surface area contributed by atoms with Crippen LogP contribution in [0.2, 0.25) is 0 Å². The van der Waals surface area contributed by atoms with Gasteiger partial charge in [0.2, 0.25) is 0 Å². The summed E-state index contributed by atoms with van der Waals surface area (Å²) in [5.41, 5.74) is 0. The van der Waals surface area contributed by atoms with Gasteiger partial charge in [-0.15, -0.1) is 35.1 Å². The van der Waals surface area contributed by atoms with Crippen LogP contribution in [0.4, 0.5) is 0 Å². The molecule has 2 aromatic carbocycles. The largest absolute Gasteiger partial charge is 0.126 e. The fourth-order valence-electron chi connectivity index (χ4n) is 1.66. The molecule has 1 unspecified atom stereocenters. The average molecular weight is 309 g/mol. The lowest BCUT2D eigenvalue weighted by molar-refractivity contribution is 0.874. The van der Waals surface area contributed by atoms with Crippen LogP contribution >= 0.6 is 35.1 Å². The van der Waals surface area contributed by atoms with Gasteiger partial charge >= 0.3 is 0 Å². The third kappa shape index (κ3) is 5.94. The van der Waals surface area contributed by atoms with Crippen molar-refractivity contribution in [2.75, 3.05) is 5.75 Å². The van der Waals surface area contributed by atoms with E-state index in [1.165, 1.54) is 9.79 Å². The Balaban J connectivity index is 1.63. The minimum atomic E-state index is 0.166. The SMILES string of the molecule is ClC(CCCSc1ccccc1)Sc1ccccc1. The monoisotopic (exact) mass is 308 g/mol. The minimum absolute atomic E-state index is 0.166. The fourth-order valence-corrected chi connectivity index (χ4v) is 3.91. The molecule has 0 aliphatic carbocycles. The Morgan fingerprint density at radius 3 is 2.05 bits per heavy atom. The maximum absolute atomic E-state index is 6.35. The molecule has 0 fully saturated rings. The second kappa shape index (κ2) is 8.57. The lowest BCUT2D eigenvalue weighted by Gasteiger charge is -2.08. The zero-order valence-electron chi connectivity index (χ0n) is 10.7. The van der Waals surface area contributed by atoms with Crippen molar-refractivity contribution in [2.45, 2.75) is 27.3 Å². The molecule has 0 spiro atoms. The van der Waals surface area contributed by atoms with Gasteiger partial charge in [0.1, 0.15) is 0 Å². The number of hydrogen-bond donors (Lipinski definition) is 0. The van der Waals surface area contributed by atoms with E-state index < -0.39 is 0 Å². The summed E-state index contributed by atoms with van der Waals surface area (Å²) >= 11 is 10.00. The molecule has 0 aliphatic rings. The first-order valence-electron chi connectivity index (χ1n) is 6.38. The molecule has 0 nitrogen and oxygen atoms in total. The van der Waals surface area contributed by atoms with Crippen LogP contribution in [0.3, 0.4) is 0 Å². The van der Waals surface area contributed by atoms with Gasteiger partial charge < -0.3 is 0 Å². The summed E-state index contributed by atoms with van der Waals surface area (Å²) in [4.78, 5) is 2.59. The number of thioether (sulfide) groups is 2. The molecule has 0 radical (unpaired) electrons. The van der Waals surface area contributed by atoms with Gasteiger partial charge in [0.25, 0.3) is 0 Å². The van der Waals surface area contributed by atoms with Gasteiger partial charge in [-0.3, -0.25) is 0 Å². The van der Waals surface area contributed by atoms with Crippen LogP contribution < -0.4 is 0 Å². The Kier molecular flexibility index (Phi) is 6.69. The highest BCUT2D eigenvalue weighted by atomic mass is 35.5. The van der Waals surface area contributed by atoms with Crippen LogP contribution in [-0.2, 0) is 0 Å². The number of alkyl halides is 1. The molecule has 2 aromatic rings. The molecule has 0 aromatic heterocycles. The smallest absolute Gasteiger partial charge is 0.0836 e. The van der Waals surface area contributed by atoms with E-state index in [2.05, 4.69) is 54.6 Å². The molecule has 0 heterocycles. The zero-order valence-corrected chi connectivity index (χ0v) is 13.1. The van der Waals surface area contributed by atoms with Gasteiger partial charge in [-0.1, -0.05) is 36.4 Å². The molecule has 100 valence electrons. The molecule has 0 bridgehead atoms. The van der Waals surface area contributed by atoms with E-state index in [1.54, 1.807) is 11.8 Å². The van der Waals surface area contributed by atoms with Crippen molar-refractivity contribution >= 4 is 35.1 Å². The van der Waals surface area contributed by atoms with Gasteiger partial charge in [-0.2, -0.15) is 0 Å². The first kappa shape index (κ1) is 14.8. The van der Waals surface area contributed by atoms with E-state index in [0.717, 1.165) is 18.6 Å². The summed E-state index contributed by atoms with van der Waals surface area (Å²) in [6, 6.07) is 20.9. The summed E-state index contributed by atoms with van der Waals surface area (Å²) in [6.45, 7) is 0. The number of rotatable bonds is 7. The summed E-state index contributed by atoms with van der Waals surface area (Å²) < 4.78 is 0.166. The number of benzene rings is 2. The third-order valence-corrected chi connectivity index (χ3v) is 5.21. The van der Waals surface area contributed by atoms with Gasteiger partial charge in [-0.05, 0) is 42.9 Å². The van der Waals surface area contributed by atoms with Gasteiger partial charge in [-0.25, -0.2) is 0 Å². The Bertz CT molecular complexity index is 459. The van der Waals surface area contributed by atoms with Gasteiger partial charge in [0.05, 0.1) is 4.71 Å². The summed E-state index contributed by atoms with van der Waals surface area (Å²) in [5, 5.41) is 0. The molecule has 0 N–H and O–H groups in total. The maximum atomic E-state index is 6.35. The van der Waals surface area contributed by atoms with Gasteiger partial charge in [0.15, 0.2) is 0 Å². The topological polar surface area (TPSA) is 0 Å². The van der Waals surface area contributed by atoms with E-state index in [9.17, 15) is 0 Å². The number of hydrogen-bond acceptors (Lipinski definition) is 2. The predicted molar refractivity (Wildman–Crippen MR) is 88.3 cm³/mol. The van der Waals surface area contributed by atoms with Crippen molar-refractivity contribution < 1.29 is 0 Å². The Morgan fingerprint density at radius 2 is 1.42 bits per heavy atom. The average Bonchev–Trinajstić information content (AvgIpc) is 2.46. The van der Waals surface area contributed by atoms with Crippen LogP contribution in [0.15, 0.2) is 70.5 Å². The molecular weight excluding hydrogens is 292 g/mol. The second-order valence-electron chi connectivity index (χ2n) is 4.14. The van der Waals surface area contributed by atoms with Crippen molar-refractivity contribution in [1.82, 2.24) is 0 Å². The van der Waals surface area contributed by atoms with Crippen molar-refractivity contribution in [3.63, 3.8) is 0 Å². The fraction of sp³-hybridized carbons (Fsp3) is 0.250. The Labute approximate surface area is 128 Å². The lowest BCUT2D eigenvalue weighted by Crippen LogP contribution is -1.93. The standard InChI is InChI=1S/C16H17ClS2/c17-16(19-15-10-5-2-6-11-15)12-7-13-18-14-8-3-1-4-9-14/h1-6,8-11,16H,7,12-13H2. The maximum Gasteiger partial charge on any atom is 0.0836 e. The Morgan fingerprint density at radius 1 is 0.842 bits per heavy atom. The second-order valence-corrected chi connectivity index (χ2v) is 7.37. The highest BCUT2D eigenvalue weighted by molar-refractivity contribution is 8.01. The van der Waals surface area contributed by atoms with Crippen molar-refractivity contribution in [3.8, 4) is 0 Å². The Hall–Kier alpha value is -0.570. The molecular formula is C16H17ClS2. The summed E-state index contributed by atoms with van der Waals surface area (Å²) in [6.07, 6.45) is 2.19. The van der Waals surface area contributed by atoms with E-state index in [1.807, 2.05) is 17.8 Å². The molecule has 19 heavy (non-hydrogen) atoms. The van der Waals surface area contributed by atoms with Crippen molar-refractivity contribution in [1.29, 1.82) is 0 Å². The highest BCUT2D eigenvalue weighted by Gasteiger charge is 2.06. The third-order valence-electron chi connectivity index (χ3n) is 2.59. The van der Waals surface area contributed by atoms with E-state index >= 15 is 0 Å².